The van der Waals surface area contributed by atoms with E-state index in [1.807, 2.05) is 12.1 Å². The van der Waals surface area contributed by atoms with E-state index in [-0.39, 0.29) is 6.03 Å². The van der Waals surface area contributed by atoms with E-state index in [0.29, 0.717) is 6.54 Å². The van der Waals surface area contributed by atoms with Gasteiger partial charge in [0.15, 0.2) is 0 Å². The molecule has 0 bridgehead atoms. The van der Waals surface area contributed by atoms with Crippen LogP contribution in [0.4, 0.5) is 10.5 Å². The first-order chi connectivity index (χ1) is 11.8. The van der Waals surface area contributed by atoms with E-state index in [1.165, 1.54) is 5.52 Å². The Morgan fingerprint density at radius 3 is 2.88 bits per heavy atom. The van der Waals surface area contributed by atoms with Crippen LogP contribution in [-0.2, 0) is 11.3 Å². The number of nitrogens with zero attached hydrogens (tertiary/aromatic N) is 2. The zero-order valence-corrected chi connectivity index (χ0v) is 13.8. The van der Waals surface area contributed by atoms with Crippen molar-refractivity contribution in [3.63, 3.8) is 0 Å². The first-order valence-corrected chi connectivity index (χ1v) is 8.31. The SMILES string of the molecule is C=CCNC(=O)Nc1ccc2c(ccn2CCN2CCOCC2)c1. The number of carbonyl (C=O) groups is 1. The molecule has 1 aromatic carbocycles. The summed E-state index contributed by atoms with van der Waals surface area (Å²) in [6.45, 7) is 9.68. The zero-order valence-electron chi connectivity index (χ0n) is 13.8. The third-order valence-electron chi connectivity index (χ3n) is 4.20. The summed E-state index contributed by atoms with van der Waals surface area (Å²) >= 11 is 0. The number of benzene rings is 1. The maximum absolute atomic E-state index is 11.7. The topological polar surface area (TPSA) is 58.5 Å². The van der Waals surface area contributed by atoms with Gasteiger partial charge >= 0.3 is 6.03 Å². The quantitative estimate of drug-likeness (QED) is 0.800. The highest BCUT2D eigenvalue weighted by Gasteiger charge is 2.11. The van der Waals surface area contributed by atoms with Gasteiger partial charge in [-0.3, -0.25) is 4.90 Å². The lowest BCUT2D eigenvalue weighted by atomic mass is 10.2. The average molecular weight is 328 g/mol. The summed E-state index contributed by atoms with van der Waals surface area (Å²) in [5.74, 6) is 0. The van der Waals surface area contributed by atoms with Crippen LogP contribution in [0, 0.1) is 0 Å². The highest BCUT2D eigenvalue weighted by molar-refractivity contribution is 5.93. The number of anilines is 1. The number of hydrogen-bond acceptors (Lipinski definition) is 3. The molecule has 6 nitrogen and oxygen atoms in total. The monoisotopic (exact) mass is 328 g/mol. The predicted octanol–water partition coefficient (Wildman–Crippen LogP) is 2.28. The number of morpholine rings is 1. The van der Waals surface area contributed by atoms with Gasteiger partial charge in [-0.15, -0.1) is 6.58 Å². The summed E-state index contributed by atoms with van der Waals surface area (Å²) < 4.78 is 7.64. The highest BCUT2D eigenvalue weighted by Crippen LogP contribution is 2.20. The van der Waals surface area contributed by atoms with Crippen LogP contribution in [0.5, 0.6) is 0 Å². The van der Waals surface area contributed by atoms with Gasteiger partial charge in [0.25, 0.3) is 0 Å². The molecule has 1 saturated heterocycles. The number of ether oxygens (including phenoxy) is 1. The van der Waals surface area contributed by atoms with Gasteiger partial charge < -0.3 is 19.9 Å². The standard InChI is InChI=1S/C18H24N4O2/c1-2-6-19-18(23)20-16-3-4-17-15(14-16)5-7-22(17)9-8-21-10-12-24-13-11-21/h2-5,7,14H,1,6,8-13H2,(H2,19,20,23). The number of nitrogens with one attached hydrogen (secondary N) is 2. The summed E-state index contributed by atoms with van der Waals surface area (Å²) in [6, 6.07) is 7.84. The number of hydrogen-bond donors (Lipinski definition) is 2. The number of urea groups is 1. The Hall–Kier alpha value is -2.31. The minimum absolute atomic E-state index is 0.221. The van der Waals surface area contributed by atoms with Crippen LogP contribution in [0.1, 0.15) is 0 Å². The third kappa shape index (κ3) is 4.15. The smallest absolute Gasteiger partial charge is 0.319 e. The molecule has 1 fully saturated rings. The molecule has 128 valence electrons. The molecule has 3 rings (SSSR count). The Kier molecular flexibility index (Phi) is 5.51. The Labute approximate surface area is 142 Å². The fourth-order valence-electron chi connectivity index (χ4n) is 2.89. The van der Waals surface area contributed by atoms with Crippen molar-refractivity contribution >= 4 is 22.6 Å². The number of fused-ring (bicyclic) bond motifs is 1. The predicted molar refractivity (Wildman–Crippen MR) is 96.4 cm³/mol. The lowest BCUT2D eigenvalue weighted by molar-refractivity contribution is 0.0365. The molecule has 1 aliphatic rings. The minimum Gasteiger partial charge on any atom is -0.379 e. The summed E-state index contributed by atoms with van der Waals surface area (Å²) in [6.07, 6.45) is 3.75. The summed E-state index contributed by atoms with van der Waals surface area (Å²) in [5, 5.41) is 6.66. The Balaban J connectivity index is 1.62. The van der Waals surface area contributed by atoms with Crippen molar-refractivity contribution in [2.24, 2.45) is 0 Å². The largest absolute Gasteiger partial charge is 0.379 e. The van der Waals surface area contributed by atoms with Crippen LogP contribution < -0.4 is 10.6 Å². The van der Waals surface area contributed by atoms with Crippen LogP contribution in [0.2, 0.25) is 0 Å². The van der Waals surface area contributed by atoms with Crippen molar-refractivity contribution in [3.05, 3.63) is 43.1 Å². The highest BCUT2D eigenvalue weighted by atomic mass is 16.5. The Morgan fingerprint density at radius 1 is 1.25 bits per heavy atom. The van der Waals surface area contributed by atoms with Crippen LogP contribution in [-0.4, -0.2) is 54.9 Å². The molecule has 0 aliphatic carbocycles. The van der Waals surface area contributed by atoms with E-state index < -0.39 is 0 Å². The van der Waals surface area contributed by atoms with Gasteiger partial charge in [-0.25, -0.2) is 4.79 Å². The second-order valence-corrected chi connectivity index (χ2v) is 5.86. The molecule has 2 heterocycles. The summed E-state index contributed by atoms with van der Waals surface area (Å²) in [5.41, 5.74) is 1.97. The number of carbonyl (C=O) groups excluding carboxylic acids is 1. The van der Waals surface area contributed by atoms with Crippen LogP contribution in [0.3, 0.4) is 0 Å². The average Bonchev–Trinajstić information content (AvgIpc) is 3.01. The summed E-state index contributed by atoms with van der Waals surface area (Å²) in [7, 11) is 0. The molecule has 0 unspecified atom stereocenters. The van der Waals surface area contributed by atoms with Gasteiger partial charge in [-0.05, 0) is 24.3 Å². The van der Waals surface area contributed by atoms with E-state index in [9.17, 15) is 4.79 Å². The molecular weight excluding hydrogens is 304 g/mol. The number of amides is 2. The molecule has 24 heavy (non-hydrogen) atoms. The third-order valence-corrected chi connectivity index (χ3v) is 4.20. The van der Waals surface area contributed by atoms with Crippen molar-refractivity contribution in [3.8, 4) is 0 Å². The molecule has 1 aromatic heterocycles. The van der Waals surface area contributed by atoms with Crippen molar-refractivity contribution < 1.29 is 9.53 Å². The van der Waals surface area contributed by atoms with E-state index in [0.717, 1.165) is 50.5 Å². The molecule has 2 amide bonds. The first-order valence-electron chi connectivity index (χ1n) is 8.31. The van der Waals surface area contributed by atoms with Crippen LogP contribution in [0.15, 0.2) is 43.1 Å². The van der Waals surface area contributed by atoms with Gasteiger partial charge in [0.2, 0.25) is 0 Å². The van der Waals surface area contributed by atoms with Crippen molar-refractivity contribution in [1.82, 2.24) is 14.8 Å². The molecule has 0 spiro atoms. The lowest BCUT2D eigenvalue weighted by Gasteiger charge is -2.26. The molecular formula is C18H24N4O2. The van der Waals surface area contributed by atoms with Crippen LogP contribution in [0.25, 0.3) is 10.9 Å². The van der Waals surface area contributed by atoms with E-state index in [1.54, 1.807) is 6.08 Å². The van der Waals surface area contributed by atoms with Gasteiger partial charge in [0, 0.05) is 55.5 Å². The van der Waals surface area contributed by atoms with E-state index >= 15 is 0 Å². The normalized spacial score (nSPS) is 15.3. The van der Waals surface area contributed by atoms with Gasteiger partial charge in [0.1, 0.15) is 0 Å². The number of aromatic nitrogens is 1. The fraction of sp³-hybridized carbons (Fsp3) is 0.389. The van der Waals surface area contributed by atoms with E-state index in [2.05, 4.69) is 45.0 Å². The van der Waals surface area contributed by atoms with Gasteiger partial charge in [0.05, 0.1) is 13.2 Å². The molecule has 1 aliphatic heterocycles. The molecule has 6 heteroatoms. The van der Waals surface area contributed by atoms with Crippen molar-refractivity contribution in [2.75, 3.05) is 44.7 Å². The van der Waals surface area contributed by atoms with Crippen LogP contribution >= 0.6 is 0 Å². The molecule has 0 atom stereocenters. The fourth-order valence-corrected chi connectivity index (χ4v) is 2.89. The Morgan fingerprint density at radius 2 is 2.08 bits per heavy atom. The van der Waals surface area contributed by atoms with Gasteiger partial charge in [-0.2, -0.15) is 0 Å². The van der Waals surface area contributed by atoms with Crippen molar-refractivity contribution in [2.45, 2.75) is 6.54 Å². The van der Waals surface area contributed by atoms with Crippen molar-refractivity contribution in [1.29, 1.82) is 0 Å². The zero-order chi connectivity index (χ0) is 16.8. The molecule has 0 radical (unpaired) electrons. The Bertz CT molecular complexity index is 704. The maximum Gasteiger partial charge on any atom is 0.319 e. The minimum atomic E-state index is -0.221. The van der Waals surface area contributed by atoms with E-state index in [4.69, 9.17) is 4.74 Å². The second kappa shape index (κ2) is 7.99. The second-order valence-electron chi connectivity index (χ2n) is 5.86. The number of rotatable bonds is 6. The lowest BCUT2D eigenvalue weighted by Crippen LogP contribution is -2.38. The summed E-state index contributed by atoms with van der Waals surface area (Å²) in [4.78, 5) is 14.1. The first kappa shape index (κ1) is 16.5. The molecule has 2 aromatic rings. The molecule has 0 saturated carbocycles. The molecule has 2 N–H and O–H groups in total. The maximum atomic E-state index is 11.7. The van der Waals surface area contributed by atoms with Gasteiger partial charge in [-0.1, -0.05) is 6.08 Å².